The Morgan fingerprint density at radius 3 is 0.616 bits per heavy atom. The van der Waals surface area contributed by atoms with Crippen LogP contribution in [0, 0.1) is 20.8 Å². The summed E-state index contributed by atoms with van der Waals surface area (Å²) in [7, 11) is 0. The zero-order chi connectivity index (χ0) is 66.6. The number of fused-ring (bicyclic) bond motifs is 6. The highest BCUT2D eigenvalue weighted by Crippen LogP contribution is 2.44. The molecule has 474 valence electrons. The summed E-state index contributed by atoms with van der Waals surface area (Å²) in [5.41, 5.74) is 26.5. The van der Waals surface area contributed by atoms with E-state index in [9.17, 15) is 0 Å². The normalized spacial score (nSPS) is 11.2. The van der Waals surface area contributed by atoms with Crippen LogP contribution >= 0.6 is 0 Å². The first kappa shape index (κ1) is 61.0. The first-order chi connectivity index (χ1) is 48.8. The fourth-order valence-corrected chi connectivity index (χ4v) is 14.1. The van der Waals surface area contributed by atoms with Crippen molar-refractivity contribution in [3.8, 4) is 22.5 Å². The predicted octanol–water partition coefficient (Wildman–Crippen LogP) is 26.0. The second-order valence-electron chi connectivity index (χ2n) is 25.2. The number of aryl methyl sites for hydroxylation is 3. The fraction of sp³-hybridized carbons (Fsp3) is 0.0323. The number of hydrogen-bond donors (Lipinski definition) is 0. The van der Waals surface area contributed by atoms with Crippen molar-refractivity contribution in [1.29, 1.82) is 0 Å². The molecule has 0 unspecified atom stereocenters. The minimum atomic E-state index is 1.05. The van der Waals surface area contributed by atoms with Crippen molar-refractivity contribution in [3.05, 3.63) is 399 Å². The van der Waals surface area contributed by atoms with Gasteiger partial charge in [-0.3, -0.25) is 0 Å². The van der Waals surface area contributed by atoms with E-state index in [0.717, 1.165) is 68.2 Å². The second-order valence-corrected chi connectivity index (χ2v) is 25.2. The smallest absolute Gasteiger partial charge is 0.0541 e. The Hall–Kier alpha value is -12.9. The van der Waals surface area contributed by atoms with Gasteiger partial charge in [-0.25, -0.2) is 0 Å². The molecule has 0 fully saturated rings. The summed E-state index contributed by atoms with van der Waals surface area (Å²) in [6.45, 7) is 6.43. The van der Waals surface area contributed by atoms with E-state index < -0.39 is 0 Å². The number of para-hydroxylation sites is 7. The van der Waals surface area contributed by atoms with Crippen molar-refractivity contribution in [2.45, 2.75) is 20.8 Å². The topological polar surface area (TPSA) is 22.8 Å². The maximum Gasteiger partial charge on any atom is 0.0541 e. The Labute approximate surface area is 579 Å². The summed E-state index contributed by atoms with van der Waals surface area (Å²) in [4.78, 5) is 9.29. The van der Waals surface area contributed by atoms with Gasteiger partial charge in [0.1, 0.15) is 0 Å². The third-order valence-electron chi connectivity index (χ3n) is 18.7. The molecule has 0 N–H and O–H groups in total. The number of benzene rings is 15. The van der Waals surface area contributed by atoms with Gasteiger partial charge in [0.25, 0.3) is 0 Å². The zero-order valence-electron chi connectivity index (χ0n) is 55.6. The molecule has 17 rings (SSSR count). The van der Waals surface area contributed by atoms with Gasteiger partial charge < -0.3 is 28.7 Å². The maximum absolute atomic E-state index is 2.36. The molecule has 0 saturated carbocycles. The van der Waals surface area contributed by atoms with Gasteiger partial charge in [0.2, 0.25) is 0 Å². The van der Waals surface area contributed by atoms with Gasteiger partial charge in [-0.15, -0.1) is 0 Å². The summed E-state index contributed by atoms with van der Waals surface area (Å²) >= 11 is 0. The minimum Gasteiger partial charge on any atom is -0.310 e. The van der Waals surface area contributed by atoms with Gasteiger partial charge in [-0.1, -0.05) is 188 Å². The molecular formula is C93H72N6. The summed E-state index contributed by atoms with van der Waals surface area (Å²) in [6, 6.07) is 137. The van der Waals surface area contributed by atoms with Crippen LogP contribution in [0.3, 0.4) is 0 Å². The molecule has 2 heterocycles. The van der Waals surface area contributed by atoms with Crippen molar-refractivity contribution >= 4 is 112 Å². The molecule has 17 aromatic rings. The van der Waals surface area contributed by atoms with Gasteiger partial charge in [-0.05, 0) is 243 Å². The molecule has 2 aromatic heterocycles. The number of hydrogen-bond acceptors (Lipinski definition) is 4. The molecule has 0 aliphatic carbocycles. The third kappa shape index (κ3) is 12.2. The first-order valence-corrected chi connectivity index (χ1v) is 33.9. The number of anilines is 12. The van der Waals surface area contributed by atoms with Crippen molar-refractivity contribution in [2.75, 3.05) is 19.6 Å². The van der Waals surface area contributed by atoms with Crippen LogP contribution in [0.2, 0.25) is 0 Å². The molecule has 0 bridgehead atoms. The van der Waals surface area contributed by atoms with E-state index >= 15 is 0 Å². The molecular weight excluding hydrogens is 1200 g/mol. The lowest BCUT2D eigenvalue weighted by atomic mass is 10.0. The molecule has 0 radical (unpaired) electrons. The van der Waals surface area contributed by atoms with E-state index in [0.29, 0.717) is 0 Å². The van der Waals surface area contributed by atoms with Crippen LogP contribution in [0.5, 0.6) is 0 Å². The average Bonchev–Trinajstić information content (AvgIpc) is 1.65. The van der Waals surface area contributed by atoms with Crippen molar-refractivity contribution in [2.24, 2.45) is 0 Å². The average molecular weight is 1270 g/mol. The molecule has 6 heteroatoms. The number of aromatic nitrogens is 2. The van der Waals surface area contributed by atoms with Crippen LogP contribution in [-0.4, -0.2) is 9.13 Å². The minimum absolute atomic E-state index is 1.05. The fourth-order valence-electron chi connectivity index (χ4n) is 14.1. The molecule has 15 aromatic carbocycles. The van der Waals surface area contributed by atoms with Gasteiger partial charge in [0, 0.05) is 101 Å². The van der Waals surface area contributed by atoms with Crippen molar-refractivity contribution in [3.63, 3.8) is 0 Å². The van der Waals surface area contributed by atoms with E-state index in [1.807, 2.05) is 0 Å². The Morgan fingerprint density at radius 1 is 0.172 bits per heavy atom. The monoisotopic (exact) mass is 1270 g/mol. The van der Waals surface area contributed by atoms with Gasteiger partial charge in [0.05, 0.1) is 22.1 Å². The summed E-state index contributed by atoms with van der Waals surface area (Å²) < 4.78 is 4.72. The molecule has 0 saturated heterocycles. The summed E-state index contributed by atoms with van der Waals surface area (Å²) in [5.74, 6) is 0. The van der Waals surface area contributed by atoms with E-state index in [-0.39, 0.29) is 0 Å². The van der Waals surface area contributed by atoms with E-state index in [2.05, 4.69) is 432 Å². The second kappa shape index (κ2) is 27.1. The highest BCUT2D eigenvalue weighted by molar-refractivity contribution is 6.10. The molecule has 99 heavy (non-hydrogen) atoms. The van der Waals surface area contributed by atoms with Crippen molar-refractivity contribution in [1.82, 2.24) is 9.13 Å². The zero-order valence-corrected chi connectivity index (χ0v) is 55.6. The molecule has 0 atom stereocenters. The Morgan fingerprint density at radius 2 is 0.374 bits per heavy atom. The van der Waals surface area contributed by atoms with E-state index in [1.165, 1.54) is 82.8 Å². The highest BCUT2D eigenvalue weighted by Gasteiger charge is 2.21. The predicted molar refractivity (Wildman–Crippen MR) is 420 cm³/mol. The Bertz CT molecular complexity index is 5050. The van der Waals surface area contributed by atoms with Gasteiger partial charge >= 0.3 is 0 Å². The van der Waals surface area contributed by atoms with Gasteiger partial charge in [0.15, 0.2) is 0 Å². The lowest BCUT2D eigenvalue weighted by Crippen LogP contribution is -2.14. The van der Waals surface area contributed by atoms with E-state index in [1.54, 1.807) is 0 Å². The van der Waals surface area contributed by atoms with E-state index in [4.69, 9.17) is 0 Å². The van der Waals surface area contributed by atoms with Gasteiger partial charge in [-0.2, -0.15) is 0 Å². The number of rotatable bonds is 15. The highest BCUT2D eigenvalue weighted by atomic mass is 15.2. The molecule has 6 nitrogen and oxygen atoms in total. The largest absolute Gasteiger partial charge is 0.310 e. The van der Waals surface area contributed by atoms with Crippen LogP contribution in [0.1, 0.15) is 16.7 Å². The van der Waals surface area contributed by atoms with Crippen LogP contribution < -0.4 is 19.6 Å². The Balaban J connectivity index is 0.000000171. The van der Waals surface area contributed by atoms with Crippen LogP contribution in [-0.2, 0) is 0 Å². The van der Waals surface area contributed by atoms with Crippen LogP contribution in [0.15, 0.2) is 382 Å². The van der Waals surface area contributed by atoms with Crippen molar-refractivity contribution < 1.29 is 0 Å². The summed E-state index contributed by atoms with van der Waals surface area (Å²) in [6.07, 6.45) is 0. The van der Waals surface area contributed by atoms with Crippen LogP contribution in [0.4, 0.5) is 68.2 Å². The quantitative estimate of drug-likeness (QED) is 0.102. The third-order valence-corrected chi connectivity index (χ3v) is 18.7. The first-order valence-electron chi connectivity index (χ1n) is 33.9. The lowest BCUT2D eigenvalue weighted by molar-refractivity contribution is 1.18. The SMILES string of the molecule is Cc1cccc(N(c2ccccc2)c2ccc(N(c3ccc(N(c4ccccc4)c4cccc(C)c4)cc3)c3ccc(N(c4ccccc4)c4cccc(C)c4)cc3)cc2)c1.c1ccc2c(c1)c1ccccc1n2-c1ccc(-c2ccc(-n3c4ccccc4c4ccccc43)cc2)cc1. The molecule has 0 aliphatic heterocycles. The number of nitrogens with zero attached hydrogens (tertiary/aromatic N) is 6. The maximum atomic E-state index is 2.36. The van der Waals surface area contributed by atoms with Crippen LogP contribution in [0.25, 0.3) is 66.1 Å². The summed E-state index contributed by atoms with van der Waals surface area (Å²) in [5, 5.41) is 5.14. The lowest BCUT2D eigenvalue weighted by Gasteiger charge is -2.30. The molecule has 0 spiro atoms. The Kier molecular flexibility index (Phi) is 16.7. The standard InChI is InChI=1S/C57H48N4.C36H24N2/c1-43-16-13-25-55(40-43)59(46-19-7-4-8-20-46)52-34-28-49(29-35-52)58(50-30-36-53(37-31-50)60(47-21-9-5-10-22-47)56-26-14-17-44(2)41-56)51-32-38-54(39-33-51)61(48-23-11-6-12-24-48)57-27-15-18-45(3)42-57;1-5-13-33-29(9-1)30-10-2-6-14-34(30)37(33)27-21-17-25(18-22-27)26-19-23-28(24-20-26)38-35-15-7-3-11-31(35)32-12-4-8-16-36(32)38/h4-42H,1-3H3;1-24H. The molecule has 0 aliphatic rings. The molecule has 0 amide bonds.